The lowest BCUT2D eigenvalue weighted by Gasteiger charge is -2.37. The van der Waals surface area contributed by atoms with Crippen molar-refractivity contribution < 1.29 is 9.53 Å². The van der Waals surface area contributed by atoms with Crippen LogP contribution in [0.3, 0.4) is 0 Å². The Bertz CT molecular complexity index is 371. The smallest absolute Gasteiger partial charge is 0.320 e. The van der Waals surface area contributed by atoms with Gasteiger partial charge in [0.2, 0.25) is 0 Å². The quantitative estimate of drug-likeness (QED) is 0.743. The summed E-state index contributed by atoms with van der Waals surface area (Å²) in [6.07, 6.45) is 2.50. The number of fused-ring (bicyclic) bond motifs is 1. The molecule has 6 heteroatoms. The van der Waals surface area contributed by atoms with Crippen LogP contribution in [0.5, 0.6) is 0 Å². The summed E-state index contributed by atoms with van der Waals surface area (Å²) in [4.78, 5) is 21.3. The Kier molecular flexibility index (Phi) is 4.66. The van der Waals surface area contributed by atoms with Gasteiger partial charge in [0, 0.05) is 39.3 Å². The molecule has 0 N–H and O–H groups in total. The molecule has 6 nitrogen and oxygen atoms in total. The molecule has 0 unspecified atom stereocenters. The minimum Gasteiger partial charge on any atom is -0.373 e. The Morgan fingerprint density at radius 2 is 1.90 bits per heavy atom. The Balaban J connectivity index is 1.58. The number of nitrogens with zero attached hydrogens (tertiary/aromatic N) is 4. The second-order valence-corrected chi connectivity index (χ2v) is 6.70. The van der Waals surface area contributed by atoms with Gasteiger partial charge < -0.3 is 19.4 Å². The molecular formula is C15H28N4O2. The van der Waals surface area contributed by atoms with E-state index in [2.05, 4.69) is 23.9 Å². The van der Waals surface area contributed by atoms with Crippen LogP contribution in [0.2, 0.25) is 0 Å². The van der Waals surface area contributed by atoms with Crippen molar-refractivity contribution in [1.82, 2.24) is 19.6 Å². The van der Waals surface area contributed by atoms with Gasteiger partial charge in [-0.05, 0) is 26.9 Å². The van der Waals surface area contributed by atoms with Gasteiger partial charge in [-0.3, -0.25) is 4.90 Å². The Labute approximate surface area is 127 Å². The number of hydrogen-bond acceptors (Lipinski definition) is 4. The molecular weight excluding hydrogens is 268 g/mol. The molecule has 3 rings (SSSR count). The molecule has 0 aromatic rings. The maximum absolute atomic E-state index is 12.5. The van der Waals surface area contributed by atoms with Crippen LogP contribution in [0.15, 0.2) is 0 Å². The molecule has 120 valence electrons. The topological polar surface area (TPSA) is 39.3 Å². The number of morpholine rings is 1. The van der Waals surface area contributed by atoms with Crippen molar-refractivity contribution in [3.8, 4) is 0 Å². The van der Waals surface area contributed by atoms with E-state index in [4.69, 9.17) is 4.74 Å². The molecule has 3 saturated heterocycles. The SMILES string of the molecule is CN(C)CCN1CCO[C@@H]2CN(C(=O)N3CCCC3)C[C@@H]21. The highest BCUT2D eigenvalue weighted by molar-refractivity contribution is 5.75. The third-order valence-corrected chi connectivity index (χ3v) is 4.90. The summed E-state index contributed by atoms with van der Waals surface area (Å²) in [5.74, 6) is 0. The van der Waals surface area contributed by atoms with Crippen molar-refractivity contribution in [2.45, 2.75) is 25.0 Å². The van der Waals surface area contributed by atoms with Crippen LogP contribution in [0, 0.1) is 0 Å². The summed E-state index contributed by atoms with van der Waals surface area (Å²) in [6.45, 7) is 7.34. The van der Waals surface area contributed by atoms with Gasteiger partial charge in [-0.2, -0.15) is 0 Å². The minimum absolute atomic E-state index is 0.201. The Morgan fingerprint density at radius 1 is 1.14 bits per heavy atom. The van der Waals surface area contributed by atoms with E-state index in [-0.39, 0.29) is 12.1 Å². The molecule has 0 aromatic carbocycles. The van der Waals surface area contributed by atoms with Crippen LogP contribution in [-0.2, 0) is 4.74 Å². The second-order valence-electron chi connectivity index (χ2n) is 6.70. The van der Waals surface area contributed by atoms with E-state index < -0.39 is 0 Å². The molecule has 3 aliphatic rings. The normalized spacial score (nSPS) is 30.2. The first kappa shape index (κ1) is 15.1. The molecule has 3 aliphatic heterocycles. The van der Waals surface area contributed by atoms with Crippen LogP contribution in [0.4, 0.5) is 4.79 Å². The number of rotatable bonds is 3. The fourth-order valence-corrected chi connectivity index (χ4v) is 3.63. The van der Waals surface area contributed by atoms with Gasteiger partial charge in [0.1, 0.15) is 0 Å². The number of likely N-dealkylation sites (N-methyl/N-ethyl adjacent to an activating group) is 1. The highest BCUT2D eigenvalue weighted by Gasteiger charge is 2.42. The van der Waals surface area contributed by atoms with E-state index >= 15 is 0 Å². The summed E-state index contributed by atoms with van der Waals surface area (Å²) < 4.78 is 5.91. The molecule has 3 heterocycles. The number of likely N-dealkylation sites (tertiary alicyclic amines) is 2. The van der Waals surface area contributed by atoms with Crippen molar-refractivity contribution in [2.75, 3.05) is 66.5 Å². The van der Waals surface area contributed by atoms with E-state index in [1.807, 2.05) is 9.80 Å². The lowest BCUT2D eigenvalue weighted by Crippen LogP contribution is -2.52. The summed E-state index contributed by atoms with van der Waals surface area (Å²) in [5.41, 5.74) is 0. The molecule has 2 amide bonds. The monoisotopic (exact) mass is 296 g/mol. The first-order valence-corrected chi connectivity index (χ1v) is 8.19. The third kappa shape index (κ3) is 3.33. The maximum atomic E-state index is 12.5. The molecule has 2 atom stereocenters. The molecule has 0 saturated carbocycles. The van der Waals surface area contributed by atoms with Crippen LogP contribution in [-0.4, -0.2) is 104 Å². The highest BCUT2D eigenvalue weighted by atomic mass is 16.5. The molecule has 0 aliphatic carbocycles. The number of amides is 2. The van der Waals surface area contributed by atoms with Gasteiger partial charge in [-0.25, -0.2) is 4.79 Å². The average molecular weight is 296 g/mol. The second kappa shape index (κ2) is 6.50. The van der Waals surface area contributed by atoms with Crippen molar-refractivity contribution >= 4 is 6.03 Å². The number of ether oxygens (including phenoxy) is 1. The number of carbonyl (C=O) groups excluding carboxylic acids is 1. The molecule has 0 aromatic heterocycles. The lowest BCUT2D eigenvalue weighted by atomic mass is 10.1. The average Bonchev–Trinajstić information content (AvgIpc) is 3.13. The van der Waals surface area contributed by atoms with E-state index in [0.29, 0.717) is 6.04 Å². The zero-order valence-corrected chi connectivity index (χ0v) is 13.3. The summed E-state index contributed by atoms with van der Waals surface area (Å²) in [5, 5.41) is 0. The van der Waals surface area contributed by atoms with Crippen molar-refractivity contribution in [2.24, 2.45) is 0 Å². The van der Waals surface area contributed by atoms with E-state index in [0.717, 1.165) is 65.3 Å². The first-order valence-electron chi connectivity index (χ1n) is 8.19. The summed E-state index contributed by atoms with van der Waals surface area (Å²) in [7, 11) is 4.21. The van der Waals surface area contributed by atoms with Crippen LogP contribution >= 0.6 is 0 Å². The van der Waals surface area contributed by atoms with Crippen LogP contribution < -0.4 is 0 Å². The zero-order valence-electron chi connectivity index (χ0n) is 13.3. The molecule has 21 heavy (non-hydrogen) atoms. The van der Waals surface area contributed by atoms with E-state index in [9.17, 15) is 4.79 Å². The first-order chi connectivity index (χ1) is 10.1. The van der Waals surface area contributed by atoms with Crippen molar-refractivity contribution in [1.29, 1.82) is 0 Å². The van der Waals surface area contributed by atoms with Gasteiger partial charge >= 0.3 is 6.03 Å². The predicted octanol–water partition coefficient (Wildman–Crippen LogP) is 0.149. The zero-order chi connectivity index (χ0) is 14.8. The lowest BCUT2D eigenvalue weighted by molar-refractivity contribution is -0.0482. The summed E-state index contributed by atoms with van der Waals surface area (Å²) >= 11 is 0. The predicted molar refractivity (Wildman–Crippen MR) is 81.4 cm³/mol. The number of hydrogen-bond donors (Lipinski definition) is 0. The Morgan fingerprint density at radius 3 is 2.62 bits per heavy atom. The van der Waals surface area contributed by atoms with Gasteiger partial charge in [-0.1, -0.05) is 0 Å². The molecule has 0 spiro atoms. The number of carbonyl (C=O) groups is 1. The number of urea groups is 1. The third-order valence-electron chi connectivity index (χ3n) is 4.90. The van der Waals surface area contributed by atoms with E-state index in [1.165, 1.54) is 0 Å². The van der Waals surface area contributed by atoms with Crippen LogP contribution in [0.1, 0.15) is 12.8 Å². The molecule has 0 bridgehead atoms. The highest BCUT2D eigenvalue weighted by Crippen LogP contribution is 2.24. The van der Waals surface area contributed by atoms with Crippen molar-refractivity contribution in [3.63, 3.8) is 0 Å². The maximum Gasteiger partial charge on any atom is 0.320 e. The van der Waals surface area contributed by atoms with Crippen molar-refractivity contribution in [3.05, 3.63) is 0 Å². The van der Waals surface area contributed by atoms with Crippen LogP contribution in [0.25, 0.3) is 0 Å². The fourth-order valence-electron chi connectivity index (χ4n) is 3.63. The fraction of sp³-hybridized carbons (Fsp3) is 0.933. The standard InChI is InChI=1S/C15H28N4O2/c1-16(2)7-8-17-9-10-21-14-12-19(11-13(14)17)15(20)18-5-3-4-6-18/h13-14H,3-12H2,1-2H3/t13-,14+/m0/s1. The van der Waals surface area contributed by atoms with Gasteiger partial charge in [0.25, 0.3) is 0 Å². The van der Waals surface area contributed by atoms with Gasteiger partial charge in [0.05, 0.1) is 25.3 Å². The molecule has 3 fully saturated rings. The largest absolute Gasteiger partial charge is 0.373 e. The molecule has 0 radical (unpaired) electrons. The Hall–Kier alpha value is -0.850. The van der Waals surface area contributed by atoms with Gasteiger partial charge in [0.15, 0.2) is 0 Å². The minimum atomic E-state index is 0.201. The summed E-state index contributed by atoms with van der Waals surface area (Å²) in [6, 6.07) is 0.600. The van der Waals surface area contributed by atoms with Gasteiger partial charge in [-0.15, -0.1) is 0 Å². The van der Waals surface area contributed by atoms with E-state index in [1.54, 1.807) is 0 Å².